The van der Waals surface area contributed by atoms with Gasteiger partial charge in [0.1, 0.15) is 5.76 Å². The van der Waals surface area contributed by atoms with Crippen LogP contribution in [0.5, 0.6) is 0 Å². The maximum atomic E-state index is 11.9. The van der Waals surface area contributed by atoms with E-state index in [1.807, 2.05) is 32.0 Å². The predicted octanol–water partition coefficient (Wildman–Crippen LogP) is 3.17. The van der Waals surface area contributed by atoms with Crippen LogP contribution in [0.15, 0.2) is 34.9 Å². The molecule has 0 unspecified atom stereocenters. The summed E-state index contributed by atoms with van der Waals surface area (Å²) in [6.07, 6.45) is 0.922. The van der Waals surface area contributed by atoms with E-state index in [-0.39, 0.29) is 5.91 Å². The first kappa shape index (κ1) is 18.4. The van der Waals surface area contributed by atoms with Gasteiger partial charge >= 0.3 is 0 Å². The number of benzene rings is 1. The van der Waals surface area contributed by atoms with Crippen LogP contribution >= 0.6 is 11.8 Å². The lowest BCUT2D eigenvalue weighted by Crippen LogP contribution is -2.29. The molecule has 0 radical (unpaired) electrons. The topological polar surface area (TPSA) is 58.4 Å². The first-order chi connectivity index (χ1) is 11.6. The van der Waals surface area contributed by atoms with Crippen LogP contribution in [-0.4, -0.2) is 37.0 Å². The lowest BCUT2D eigenvalue weighted by Gasteiger charge is -2.19. The Kier molecular flexibility index (Phi) is 7.18. The van der Waals surface area contributed by atoms with E-state index < -0.39 is 0 Å². The van der Waals surface area contributed by atoms with Gasteiger partial charge in [-0.3, -0.25) is 4.79 Å². The van der Waals surface area contributed by atoms with Crippen LogP contribution in [0.4, 0.5) is 5.69 Å². The molecule has 130 valence electrons. The Hall–Kier alpha value is -1.95. The van der Waals surface area contributed by atoms with E-state index in [1.165, 1.54) is 5.69 Å². The van der Waals surface area contributed by atoms with Crippen molar-refractivity contribution in [3.63, 3.8) is 0 Å². The molecule has 0 aliphatic rings. The highest BCUT2D eigenvalue weighted by molar-refractivity contribution is 7.99. The van der Waals surface area contributed by atoms with Crippen LogP contribution in [-0.2, 0) is 10.5 Å². The van der Waals surface area contributed by atoms with Crippen molar-refractivity contribution < 1.29 is 9.32 Å². The van der Waals surface area contributed by atoms with E-state index in [9.17, 15) is 4.79 Å². The largest absolute Gasteiger partial charge is 0.375 e. The van der Waals surface area contributed by atoms with Gasteiger partial charge < -0.3 is 14.7 Å². The van der Waals surface area contributed by atoms with Gasteiger partial charge in [0.05, 0.1) is 11.4 Å². The van der Waals surface area contributed by atoms with Crippen molar-refractivity contribution in [3.8, 4) is 0 Å². The summed E-state index contributed by atoms with van der Waals surface area (Å²) in [5.41, 5.74) is 3.19. The zero-order chi connectivity index (χ0) is 17.4. The molecule has 1 heterocycles. The van der Waals surface area contributed by atoms with Crippen LogP contribution in [0.3, 0.4) is 0 Å². The molecule has 5 nitrogen and oxygen atoms in total. The molecule has 0 bridgehead atoms. The van der Waals surface area contributed by atoms with Gasteiger partial charge in [-0.2, -0.15) is 0 Å². The summed E-state index contributed by atoms with van der Waals surface area (Å²) in [6.45, 7) is 5.44. The SMILES string of the molecule is Cc1noc(C)c1CSCC(=O)NCCCN(C)c1ccccc1. The normalized spacial score (nSPS) is 10.6. The van der Waals surface area contributed by atoms with Crippen molar-refractivity contribution in [3.05, 3.63) is 47.3 Å². The molecule has 0 aliphatic carbocycles. The van der Waals surface area contributed by atoms with Gasteiger partial charge in [0.15, 0.2) is 0 Å². The Morgan fingerprint density at radius 3 is 2.71 bits per heavy atom. The summed E-state index contributed by atoms with van der Waals surface area (Å²) >= 11 is 1.59. The van der Waals surface area contributed by atoms with Crippen molar-refractivity contribution in [2.45, 2.75) is 26.0 Å². The monoisotopic (exact) mass is 347 g/mol. The number of aryl methyl sites for hydroxylation is 2. The van der Waals surface area contributed by atoms with E-state index >= 15 is 0 Å². The summed E-state index contributed by atoms with van der Waals surface area (Å²) < 4.78 is 5.12. The molecule has 0 saturated carbocycles. The highest BCUT2D eigenvalue weighted by atomic mass is 32.2. The van der Waals surface area contributed by atoms with E-state index in [2.05, 4.69) is 34.6 Å². The average molecular weight is 347 g/mol. The summed E-state index contributed by atoms with van der Waals surface area (Å²) in [5.74, 6) is 2.13. The molecule has 1 amide bonds. The Balaban J connectivity index is 1.58. The number of carbonyl (C=O) groups excluding carboxylic acids is 1. The number of hydrogen-bond donors (Lipinski definition) is 1. The fourth-order valence-corrected chi connectivity index (χ4v) is 3.37. The van der Waals surface area contributed by atoms with Crippen molar-refractivity contribution in [2.24, 2.45) is 0 Å². The molecule has 0 aliphatic heterocycles. The third-order valence-electron chi connectivity index (χ3n) is 3.85. The summed E-state index contributed by atoms with van der Waals surface area (Å²) in [6, 6.07) is 10.2. The first-order valence-corrected chi connectivity index (χ1v) is 9.25. The molecule has 1 N–H and O–H groups in total. The molecular weight excluding hydrogens is 322 g/mol. The van der Waals surface area contributed by atoms with Crippen LogP contribution in [0.25, 0.3) is 0 Å². The van der Waals surface area contributed by atoms with Gasteiger partial charge in [-0.05, 0) is 32.4 Å². The minimum atomic E-state index is 0.0779. The second-order valence-corrected chi connectivity index (χ2v) is 6.74. The van der Waals surface area contributed by atoms with Gasteiger partial charge in [0.2, 0.25) is 5.91 Å². The Bertz CT molecular complexity index is 623. The quantitative estimate of drug-likeness (QED) is 0.706. The number of thioether (sulfide) groups is 1. The summed E-state index contributed by atoms with van der Waals surface area (Å²) in [4.78, 5) is 14.1. The number of aromatic nitrogens is 1. The smallest absolute Gasteiger partial charge is 0.230 e. The van der Waals surface area contributed by atoms with Crippen LogP contribution in [0, 0.1) is 13.8 Å². The maximum absolute atomic E-state index is 11.9. The fraction of sp³-hybridized carbons (Fsp3) is 0.444. The highest BCUT2D eigenvalue weighted by Gasteiger charge is 2.10. The number of hydrogen-bond acceptors (Lipinski definition) is 5. The van der Waals surface area contributed by atoms with Gasteiger partial charge in [0.25, 0.3) is 0 Å². The predicted molar refractivity (Wildman–Crippen MR) is 99.5 cm³/mol. The molecular formula is C18H25N3O2S. The first-order valence-electron chi connectivity index (χ1n) is 8.10. The van der Waals surface area contributed by atoms with Gasteiger partial charge in [-0.1, -0.05) is 23.4 Å². The molecule has 0 fully saturated rings. The molecule has 1 aromatic heterocycles. The van der Waals surface area contributed by atoms with E-state index in [1.54, 1.807) is 11.8 Å². The molecule has 6 heteroatoms. The van der Waals surface area contributed by atoms with E-state index in [4.69, 9.17) is 4.52 Å². The molecule has 2 rings (SSSR count). The molecule has 2 aromatic rings. The minimum Gasteiger partial charge on any atom is -0.375 e. The maximum Gasteiger partial charge on any atom is 0.230 e. The number of carbonyl (C=O) groups is 1. The number of rotatable bonds is 9. The Morgan fingerprint density at radius 1 is 1.29 bits per heavy atom. The standard InChI is InChI=1S/C18H25N3O2S/c1-14-17(15(2)23-20-14)12-24-13-18(22)19-10-7-11-21(3)16-8-5-4-6-9-16/h4-6,8-9H,7,10-13H2,1-3H3,(H,19,22). The van der Waals surface area contributed by atoms with Crippen molar-refractivity contribution in [1.29, 1.82) is 0 Å². The minimum absolute atomic E-state index is 0.0779. The molecule has 1 aromatic carbocycles. The number of nitrogens with zero attached hydrogens (tertiary/aromatic N) is 2. The van der Waals surface area contributed by atoms with Gasteiger partial charge in [-0.25, -0.2) is 0 Å². The Morgan fingerprint density at radius 2 is 2.04 bits per heavy atom. The van der Waals surface area contributed by atoms with Crippen LogP contribution in [0.1, 0.15) is 23.4 Å². The average Bonchev–Trinajstić information content (AvgIpc) is 2.91. The lowest BCUT2D eigenvalue weighted by molar-refractivity contribution is -0.118. The zero-order valence-corrected chi connectivity index (χ0v) is 15.4. The second-order valence-electron chi connectivity index (χ2n) is 5.76. The fourth-order valence-electron chi connectivity index (χ4n) is 2.36. The molecule has 0 spiro atoms. The number of anilines is 1. The second kappa shape index (κ2) is 9.37. The van der Waals surface area contributed by atoms with Gasteiger partial charge in [-0.15, -0.1) is 11.8 Å². The Labute approximate surface area is 147 Å². The van der Waals surface area contributed by atoms with Crippen molar-refractivity contribution in [2.75, 3.05) is 30.8 Å². The molecule has 0 saturated heterocycles. The number of nitrogens with one attached hydrogen (secondary N) is 1. The molecule has 0 atom stereocenters. The number of para-hydroxylation sites is 1. The van der Waals surface area contributed by atoms with Crippen LogP contribution < -0.4 is 10.2 Å². The summed E-state index contributed by atoms with van der Waals surface area (Å²) in [5, 5.41) is 6.90. The third kappa shape index (κ3) is 5.60. The van der Waals surface area contributed by atoms with Crippen molar-refractivity contribution >= 4 is 23.4 Å². The summed E-state index contributed by atoms with van der Waals surface area (Å²) in [7, 11) is 2.07. The van der Waals surface area contributed by atoms with E-state index in [0.717, 1.165) is 35.7 Å². The molecule has 24 heavy (non-hydrogen) atoms. The zero-order valence-electron chi connectivity index (χ0n) is 14.5. The van der Waals surface area contributed by atoms with Crippen LogP contribution in [0.2, 0.25) is 0 Å². The van der Waals surface area contributed by atoms with Gasteiger partial charge in [0, 0.05) is 37.1 Å². The third-order valence-corrected chi connectivity index (χ3v) is 4.81. The van der Waals surface area contributed by atoms with Crippen molar-refractivity contribution in [1.82, 2.24) is 10.5 Å². The van der Waals surface area contributed by atoms with E-state index in [0.29, 0.717) is 12.3 Å². The highest BCUT2D eigenvalue weighted by Crippen LogP contribution is 2.19. The lowest BCUT2D eigenvalue weighted by atomic mass is 10.2. The number of amides is 1.